The molecular formula is C10H13F3N4O. The summed E-state index contributed by atoms with van der Waals surface area (Å²) in [4.78, 5) is 13.6. The average Bonchev–Trinajstić information content (AvgIpc) is 2.71. The van der Waals surface area contributed by atoms with Gasteiger partial charge in [0.25, 0.3) is 5.91 Å². The molecule has 0 unspecified atom stereocenters. The molecule has 18 heavy (non-hydrogen) atoms. The predicted octanol–water partition coefficient (Wildman–Crippen LogP) is 0.484. The predicted molar refractivity (Wildman–Crippen MR) is 57.0 cm³/mol. The topological polar surface area (TPSA) is 50.2 Å². The third-order valence-electron chi connectivity index (χ3n) is 2.79. The molecule has 5 nitrogen and oxygen atoms in total. The lowest BCUT2D eigenvalue weighted by Gasteiger charge is -2.27. The van der Waals surface area contributed by atoms with Crippen molar-refractivity contribution in [1.82, 2.24) is 20.0 Å². The SMILES string of the molecule is Cn1nc(C(F)(F)F)cc1C(=O)N1CCNCC1. The van der Waals surface area contributed by atoms with Crippen molar-refractivity contribution in [3.8, 4) is 0 Å². The van der Waals surface area contributed by atoms with Crippen molar-refractivity contribution in [3.05, 3.63) is 17.5 Å². The summed E-state index contributed by atoms with van der Waals surface area (Å²) < 4.78 is 38.4. The van der Waals surface area contributed by atoms with Crippen molar-refractivity contribution < 1.29 is 18.0 Å². The number of aryl methyl sites for hydroxylation is 1. The Hall–Kier alpha value is -1.57. The third-order valence-corrected chi connectivity index (χ3v) is 2.79. The average molecular weight is 262 g/mol. The molecule has 0 bridgehead atoms. The lowest BCUT2D eigenvalue weighted by Crippen LogP contribution is -2.46. The highest BCUT2D eigenvalue weighted by Crippen LogP contribution is 2.28. The van der Waals surface area contributed by atoms with Gasteiger partial charge in [-0.15, -0.1) is 0 Å². The van der Waals surface area contributed by atoms with Gasteiger partial charge in [-0.2, -0.15) is 18.3 Å². The van der Waals surface area contributed by atoms with Crippen LogP contribution >= 0.6 is 0 Å². The Morgan fingerprint density at radius 1 is 1.39 bits per heavy atom. The first-order chi connectivity index (χ1) is 8.39. The number of hydrogen-bond acceptors (Lipinski definition) is 3. The van der Waals surface area contributed by atoms with Crippen molar-refractivity contribution >= 4 is 5.91 Å². The number of nitrogens with zero attached hydrogens (tertiary/aromatic N) is 3. The van der Waals surface area contributed by atoms with E-state index in [1.54, 1.807) is 0 Å². The number of hydrogen-bond donors (Lipinski definition) is 1. The number of alkyl halides is 3. The van der Waals surface area contributed by atoms with Crippen LogP contribution in [-0.2, 0) is 13.2 Å². The summed E-state index contributed by atoms with van der Waals surface area (Å²) in [5.41, 5.74) is -1.08. The van der Waals surface area contributed by atoms with Gasteiger partial charge in [-0.1, -0.05) is 0 Å². The molecule has 0 aromatic carbocycles. The van der Waals surface area contributed by atoms with Crippen LogP contribution in [0.2, 0.25) is 0 Å². The molecule has 2 rings (SSSR count). The Balaban J connectivity index is 2.22. The van der Waals surface area contributed by atoms with E-state index in [9.17, 15) is 18.0 Å². The number of nitrogens with one attached hydrogen (secondary N) is 1. The van der Waals surface area contributed by atoms with Crippen LogP contribution in [-0.4, -0.2) is 46.8 Å². The maximum atomic E-state index is 12.5. The first-order valence-corrected chi connectivity index (χ1v) is 5.51. The van der Waals surface area contributed by atoms with Crippen molar-refractivity contribution in [2.24, 2.45) is 7.05 Å². The molecule has 1 aromatic heterocycles. The smallest absolute Gasteiger partial charge is 0.335 e. The molecule has 1 N–H and O–H groups in total. The van der Waals surface area contributed by atoms with Crippen LogP contribution in [0.15, 0.2) is 6.07 Å². The summed E-state index contributed by atoms with van der Waals surface area (Å²) in [6.07, 6.45) is -4.53. The van der Waals surface area contributed by atoms with E-state index in [0.29, 0.717) is 26.2 Å². The van der Waals surface area contributed by atoms with E-state index >= 15 is 0 Å². The van der Waals surface area contributed by atoms with E-state index < -0.39 is 17.8 Å². The van der Waals surface area contributed by atoms with Crippen LogP contribution in [0.4, 0.5) is 13.2 Å². The molecule has 0 aliphatic carbocycles. The number of piperazine rings is 1. The van der Waals surface area contributed by atoms with Gasteiger partial charge in [0.05, 0.1) is 0 Å². The molecule has 1 amide bonds. The number of rotatable bonds is 1. The largest absolute Gasteiger partial charge is 0.435 e. The lowest BCUT2D eigenvalue weighted by atomic mass is 10.3. The number of carbonyl (C=O) groups is 1. The zero-order chi connectivity index (χ0) is 13.3. The van der Waals surface area contributed by atoms with Crippen LogP contribution in [0, 0.1) is 0 Å². The third kappa shape index (κ3) is 2.47. The summed E-state index contributed by atoms with van der Waals surface area (Å²) in [6.45, 7) is 2.28. The van der Waals surface area contributed by atoms with E-state index in [0.717, 1.165) is 10.7 Å². The molecule has 1 aliphatic rings. The van der Waals surface area contributed by atoms with Crippen molar-refractivity contribution in [1.29, 1.82) is 0 Å². The molecule has 2 heterocycles. The van der Waals surface area contributed by atoms with Crippen LogP contribution in [0.25, 0.3) is 0 Å². The molecule has 0 spiro atoms. The lowest BCUT2D eigenvalue weighted by molar-refractivity contribution is -0.141. The van der Waals surface area contributed by atoms with Gasteiger partial charge in [0.1, 0.15) is 5.69 Å². The van der Waals surface area contributed by atoms with E-state index in [4.69, 9.17) is 0 Å². The molecular weight excluding hydrogens is 249 g/mol. The highest BCUT2D eigenvalue weighted by molar-refractivity contribution is 5.92. The summed E-state index contributed by atoms with van der Waals surface area (Å²) in [5, 5.41) is 6.40. The zero-order valence-corrected chi connectivity index (χ0v) is 9.79. The number of carbonyl (C=O) groups excluding carboxylic acids is 1. The van der Waals surface area contributed by atoms with E-state index in [-0.39, 0.29) is 5.69 Å². The molecule has 1 aliphatic heterocycles. The normalized spacial score (nSPS) is 17.0. The molecule has 1 fully saturated rings. The van der Waals surface area contributed by atoms with Crippen LogP contribution in [0.1, 0.15) is 16.2 Å². The first-order valence-electron chi connectivity index (χ1n) is 5.51. The number of amides is 1. The summed E-state index contributed by atoms with van der Waals surface area (Å²) in [7, 11) is 1.34. The van der Waals surface area contributed by atoms with Gasteiger partial charge in [0, 0.05) is 39.3 Å². The molecule has 0 radical (unpaired) electrons. The van der Waals surface area contributed by atoms with Crippen molar-refractivity contribution in [2.45, 2.75) is 6.18 Å². The molecule has 100 valence electrons. The van der Waals surface area contributed by atoms with Crippen LogP contribution < -0.4 is 5.32 Å². The Morgan fingerprint density at radius 3 is 2.50 bits per heavy atom. The van der Waals surface area contributed by atoms with Gasteiger partial charge in [-0.3, -0.25) is 9.48 Å². The quantitative estimate of drug-likeness (QED) is 0.801. The second kappa shape index (κ2) is 4.60. The van der Waals surface area contributed by atoms with Gasteiger partial charge in [0.15, 0.2) is 5.69 Å². The maximum Gasteiger partial charge on any atom is 0.435 e. The minimum Gasteiger partial charge on any atom is -0.335 e. The maximum absolute atomic E-state index is 12.5. The van der Waals surface area contributed by atoms with E-state index in [1.165, 1.54) is 11.9 Å². The molecule has 0 atom stereocenters. The standard InChI is InChI=1S/C10H13F3N4O/c1-16-7(6-8(15-16)10(11,12)13)9(18)17-4-2-14-3-5-17/h6,14H,2-5H2,1H3. The highest BCUT2D eigenvalue weighted by atomic mass is 19.4. The minimum atomic E-state index is -4.53. The molecule has 8 heteroatoms. The number of halogens is 3. The Morgan fingerprint density at radius 2 is 2.00 bits per heavy atom. The Kier molecular flexibility index (Phi) is 3.29. The van der Waals surface area contributed by atoms with Crippen LogP contribution in [0.5, 0.6) is 0 Å². The fourth-order valence-corrected chi connectivity index (χ4v) is 1.84. The van der Waals surface area contributed by atoms with Gasteiger partial charge in [-0.05, 0) is 0 Å². The zero-order valence-electron chi connectivity index (χ0n) is 9.79. The number of aromatic nitrogens is 2. The van der Waals surface area contributed by atoms with E-state index in [2.05, 4.69) is 10.4 Å². The summed E-state index contributed by atoms with van der Waals surface area (Å²) in [5.74, 6) is -0.415. The van der Waals surface area contributed by atoms with Gasteiger partial charge in [-0.25, -0.2) is 0 Å². The second-order valence-corrected chi connectivity index (χ2v) is 4.08. The molecule has 1 saturated heterocycles. The Labute approximate surface area is 102 Å². The summed E-state index contributed by atoms with van der Waals surface area (Å²) >= 11 is 0. The van der Waals surface area contributed by atoms with Gasteiger partial charge < -0.3 is 10.2 Å². The molecule has 0 saturated carbocycles. The van der Waals surface area contributed by atoms with Crippen LogP contribution in [0.3, 0.4) is 0 Å². The first kappa shape index (κ1) is 12.9. The fraction of sp³-hybridized carbons (Fsp3) is 0.600. The monoisotopic (exact) mass is 262 g/mol. The minimum absolute atomic E-state index is 0.0378. The fourth-order valence-electron chi connectivity index (χ4n) is 1.84. The van der Waals surface area contributed by atoms with E-state index in [1.807, 2.05) is 0 Å². The molecule has 1 aromatic rings. The van der Waals surface area contributed by atoms with Gasteiger partial charge >= 0.3 is 6.18 Å². The second-order valence-electron chi connectivity index (χ2n) is 4.08. The summed E-state index contributed by atoms with van der Waals surface area (Å²) in [6, 6.07) is 0.796. The Bertz CT molecular complexity index is 448. The van der Waals surface area contributed by atoms with Gasteiger partial charge in [0.2, 0.25) is 0 Å². The van der Waals surface area contributed by atoms with Crippen molar-refractivity contribution in [2.75, 3.05) is 26.2 Å². The van der Waals surface area contributed by atoms with Crippen molar-refractivity contribution in [3.63, 3.8) is 0 Å². The highest BCUT2D eigenvalue weighted by Gasteiger charge is 2.36.